The van der Waals surface area contributed by atoms with Gasteiger partial charge >= 0.3 is 0 Å². The van der Waals surface area contributed by atoms with Crippen LogP contribution in [0.1, 0.15) is 24.8 Å². The fourth-order valence-electron chi connectivity index (χ4n) is 1.97. The number of ether oxygens (including phenoxy) is 1. The highest BCUT2D eigenvalue weighted by Crippen LogP contribution is 2.18. The average molecular weight is 256 g/mol. The Hall–Kier alpha value is -2.03. The lowest BCUT2D eigenvalue weighted by Crippen LogP contribution is -2.07. The van der Waals surface area contributed by atoms with Crippen LogP contribution in [0, 0.1) is 0 Å². The summed E-state index contributed by atoms with van der Waals surface area (Å²) in [6, 6.07) is 14.4. The van der Waals surface area contributed by atoms with Gasteiger partial charge in [0.2, 0.25) is 0 Å². The molecule has 3 heteroatoms. The molecule has 19 heavy (non-hydrogen) atoms. The quantitative estimate of drug-likeness (QED) is 0.855. The first-order valence-corrected chi connectivity index (χ1v) is 6.58. The molecule has 1 unspecified atom stereocenters. The maximum atomic E-state index is 5.08. The first-order valence-electron chi connectivity index (χ1n) is 6.58. The predicted octanol–water partition coefficient (Wildman–Crippen LogP) is 3.70. The Kier molecular flexibility index (Phi) is 4.78. The monoisotopic (exact) mass is 256 g/mol. The molecule has 100 valence electrons. The van der Waals surface area contributed by atoms with Crippen LogP contribution in [0.3, 0.4) is 0 Å². The van der Waals surface area contributed by atoms with Crippen LogP contribution in [-0.2, 0) is 0 Å². The molecule has 0 fully saturated rings. The van der Waals surface area contributed by atoms with Gasteiger partial charge in [-0.3, -0.25) is 0 Å². The Balaban J connectivity index is 1.79. The van der Waals surface area contributed by atoms with Crippen molar-refractivity contribution < 1.29 is 4.74 Å². The van der Waals surface area contributed by atoms with E-state index < -0.39 is 0 Å². The third kappa shape index (κ3) is 3.98. The highest BCUT2D eigenvalue weighted by atomic mass is 16.5. The standard InChI is InChI=1S/C16H20N2O/c1-13(14-6-4-3-5-7-14)10-11-17-16-9-8-15(19-2)12-18-16/h3-9,12-13H,10-11H2,1-2H3,(H,17,18). The van der Waals surface area contributed by atoms with Crippen LogP contribution < -0.4 is 10.1 Å². The summed E-state index contributed by atoms with van der Waals surface area (Å²) < 4.78 is 5.08. The molecule has 0 bridgehead atoms. The molecule has 0 aliphatic rings. The van der Waals surface area contributed by atoms with Gasteiger partial charge in [-0.25, -0.2) is 4.98 Å². The Morgan fingerprint density at radius 1 is 1.16 bits per heavy atom. The number of pyridine rings is 1. The number of benzene rings is 1. The third-order valence-electron chi connectivity index (χ3n) is 3.22. The molecule has 1 atom stereocenters. The Morgan fingerprint density at radius 2 is 1.95 bits per heavy atom. The topological polar surface area (TPSA) is 34.1 Å². The van der Waals surface area contributed by atoms with Crippen LogP contribution >= 0.6 is 0 Å². The van der Waals surface area contributed by atoms with E-state index in [1.807, 2.05) is 12.1 Å². The summed E-state index contributed by atoms with van der Waals surface area (Å²) in [5.74, 6) is 2.22. The second-order valence-corrected chi connectivity index (χ2v) is 4.61. The van der Waals surface area contributed by atoms with Gasteiger partial charge in [-0.15, -0.1) is 0 Å². The van der Waals surface area contributed by atoms with E-state index in [9.17, 15) is 0 Å². The van der Waals surface area contributed by atoms with Gasteiger partial charge < -0.3 is 10.1 Å². The molecule has 0 saturated heterocycles. The van der Waals surface area contributed by atoms with Crippen molar-refractivity contribution in [1.82, 2.24) is 4.98 Å². The molecule has 3 nitrogen and oxygen atoms in total. The van der Waals surface area contributed by atoms with Crippen LogP contribution in [0.25, 0.3) is 0 Å². The Bertz CT molecular complexity index is 482. The van der Waals surface area contributed by atoms with Crippen molar-refractivity contribution in [2.24, 2.45) is 0 Å². The second-order valence-electron chi connectivity index (χ2n) is 4.61. The summed E-state index contributed by atoms with van der Waals surface area (Å²) in [5.41, 5.74) is 1.38. The molecular weight excluding hydrogens is 236 g/mol. The SMILES string of the molecule is COc1ccc(NCCC(C)c2ccccc2)nc1. The summed E-state index contributed by atoms with van der Waals surface area (Å²) in [7, 11) is 1.64. The van der Waals surface area contributed by atoms with E-state index in [2.05, 4.69) is 47.6 Å². The number of aromatic nitrogens is 1. The van der Waals surface area contributed by atoms with Gasteiger partial charge in [0.05, 0.1) is 13.3 Å². The molecule has 1 aromatic heterocycles. The fraction of sp³-hybridized carbons (Fsp3) is 0.312. The van der Waals surface area contributed by atoms with Crippen molar-refractivity contribution in [2.45, 2.75) is 19.3 Å². The predicted molar refractivity (Wildman–Crippen MR) is 78.8 cm³/mol. The van der Waals surface area contributed by atoms with Crippen molar-refractivity contribution in [3.05, 3.63) is 54.2 Å². The first kappa shape index (κ1) is 13.4. The van der Waals surface area contributed by atoms with E-state index in [1.54, 1.807) is 13.3 Å². The highest BCUT2D eigenvalue weighted by molar-refractivity contribution is 5.37. The van der Waals surface area contributed by atoms with E-state index in [-0.39, 0.29) is 0 Å². The lowest BCUT2D eigenvalue weighted by Gasteiger charge is -2.12. The zero-order chi connectivity index (χ0) is 13.5. The van der Waals surface area contributed by atoms with Gasteiger partial charge in [0.25, 0.3) is 0 Å². The van der Waals surface area contributed by atoms with Crippen molar-refractivity contribution in [3.8, 4) is 5.75 Å². The van der Waals surface area contributed by atoms with E-state index in [0.29, 0.717) is 5.92 Å². The Morgan fingerprint density at radius 3 is 2.58 bits per heavy atom. The number of nitrogens with zero attached hydrogens (tertiary/aromatic N) is 1. The Labute approximate surface area is 114 Å². The fourth-order valence-corrected chi connectivity index (χ4v) is 1.97. The van der Waals surface area contributed by atoms with Crippen LogP contribution in [0.15, 0.2) is 48.7 Å². The van der Waals surface area contributed by atoms with Crippen molar-refractivity contribution in [1.29, 1.82) is 0 Å². The average Bonchev–Trinajstić information content (AvgIpc) is 2.49. The largest absolute Gasteiger partial charge is 0.495 e. The second kappa shape index (κ2) is 6.78. The van der Waals surface area contributed by atoms with Crippen molar-refractivity contribution in [3.63, 3.8) is 0 Å². The summed E-state index contributed by atoms with van der Waals surface area (Å²) in [5, 5.41) is 3.33. The molecule has 0 aliphatic carbocycles. The lowest BCUT2D eigenvalue weighted by atomic mass is 9.98. The smallest absolute Gasteiger partial charge is 0.137 e. The van der Waals surface area contributed by atoms with Gasteiger partial charge in [-0.1, -0.05) is 37.3 Å². The van der Waals surface area contributed by atoms with Gasteiger partial charge in [0.15, 0.2) is 0 Å². The summed E-state index contributed by atoms with van der Waals surface area (Å²) >= 11 is 0. The zero-order valence-corrected chi connectivity index (χ0v) is 11.5. The summed E-state index contributed by atoms with van der Waals surface area (Å²) in [6.07, 6.45) is 2.81. The molecular formula is C16H20N2O. The molecule has 1 N–H and O–H groups in total. The normalized spacial score (nSPS) is 11.9. The number of rotatable bonds is 6. The minimum absolute atomic E-state index is 0.548. The van der Waals surface area contributed by atoms with Gasteiger partial charge in [-0.05, 0) is 30.0 Å². The molecule has 0 spiro atoms. The van der Waals surface area contributed by atoms with Crippen LogP contribution in [0.2, 0.25) is 0 Å². The number of methoxy groups -OCH3 is 1. The van der Waals surface area contributed by atoms with Gasteiger partial charge in [0.1, 0.15) is 11.6 Å². The van der Waals surface area contributed by atoms with E-state index in [0.717, 1.165) is 24.5 Å². The zero-order valence-electron chi connectivity index (χ0n) is 11.5. The maximum Gasteiger partial charge on any atom is 0.137 e. The van der Waals surface area contributed by atoms with Crippen molar-refractivity contribution in [2.75, 3.05) is 19.0 Å². The van der Waals surface area contributed by atoms with Crippen LogP contribution in [0.4, 0.5) is 5.82 Å². The van der Waals surface area contributed by atoms with Gasteiger partial charge in [0, 0.05) is 6.54 Å². The van der Waals surface area contributed by atoms with E-state index in [1.165, 1.54) is 5.56 Å². The maximum absolute atomic E-state index is 5.08. The molecule has 0 saturated carbocycles. The van der Waals surface area contributed by atoms with E-state index in [4.69, 9.17) is 4.74 Å². The molecule has 0 amide bonds. The highest BCUT2D eigenvalue weighted by Gasteiger charge is 2.04. The summed E-state index contributed by atoms with van der Waals surface area (Å²) in [4.78, 5) is 4.28. The lowest BCUT2D eigenvalue weighted by molar-refractivity contribution is 0.413. The number of hydrogen-bond acceptors (Lipinski definition) is 3. The molecule has 0 aliphatic heterocycles. The van der Waals surface area contributed by atoms with E-state index >= 15 is 0 Å². The van der Waals surface area contributed by atoms with Crippen LogP contribution in [0.5, 0.6) is 5.75 Å². The molecule has 1 aromatic carbocycles. The first-order chi connectivity index (χ1) is 9.29. The number of nitrogens with one attached hydrogen (secondary N) is 1. The third-order valence-corrected chi connectivity index (χ3v) is 3.22. The van der Waals surface area contributed by atoms with Crippen molar-refractivity contribution >= 4 is 5.82 Å². The minimum atomic E-state index is 0.548. The molecule has 0 radical (unpaired) electrons. The summed E-state index contributed by atoms with van der Waals surface area (Å²) in [6.45, 7) is 3.16. The molecule has 2 aromatic rings. The van der Waals surface area contributed by atoms with Gasteiger partial charge in [-0.2, -0.15) is 0 Å². The minimum Gasteiger partial charge on any atom is -0.495 e. The molecule has 2 rings (SSSR count). The van der Waals surface area contributed by atoms with Crippen LogP contribution in [-0.4, -0.2) is 18.6 Å². The number of hydrogen-bond donors (Lipinski definition) is 1. The molecule has 1 heterocycles. The number of anilines is 1.